The molecule has 34 heavy (non-hydrogen) atoms. The SMILES string of the molecule is Cc1ccc(-c2cc(-c3ccccc3)nc(SC[C@H](O)CNc3ccc(Cl)cc3)c2C#N)cc1. The number of nitrogens with zero attached hydrogens (tertiary/aromatic N) is 2. The summed E-state index contributed by atoms with van der Waals surface area (Å²) >= 11 is 7.32. The Bertz CT molecular complexity index is 1290. The predicted octanol–water partition coefficient (Wildman–Crippen LogP) is 6.81. The molecule has 4 aromatic rings. The third-order valence-electron chi connectivity index (χ3n) is 5.33. The number of aryl methyl sites for hydroxylation is 1. The number of hydrogen-bond acceptors (Lipinski definition) is 5. The summed E-state index contributed by atoms with van der Waals surface area (Å²) in [5.41, 5.74) is 6.15. The Morgan fingerprint density at radius 1 is 1.00 bits per heavy atom. The van der Waals surface area contributed by atoms with Crippen LogP contribution in [-0.4, -0.2) is 28.5 Å². The second-order valence-corrected chi connectivity index (χ2v) is 9.38. The highest BCUT2D eigenvalue weighted by atomic mass is 35.5. The van der Waals surface area contributed by atoms with Gasteiger partial charge in [-0.3, -0.25) is 0 Å². The van der Waals surface area contributed by atoms with Crippen molar-refractivity contribution in [2.75, 3.05) is 17.6 Å². The minimum atomic E-state index is -0.628. The fourth-order valence-electron chi connectivity index (χ4n) is 3.49. The molecule has 1 atom stereocenters. The van der Waals surface area contributed by atoms with E-state index in [0.29, 0.717) is 27.9 Å². The van der Waals surface area contributed by atoms with Crippen molar-refractivity contribution in [1.82, 2.24) is 4.98 Å². The molecule has 1 aromatic heterocycles. The van der Waals surface area contributed by atoms with E-state index in [2.05, 4.69) is 11.4 Å². The van der Waals surface area contributed by atoms with Gasteiger partial charge in [0, 0.05) is 34.1 Å². The molecule has 2 N–H and O–H groups in total. The molecule has 3 aromatic carbocycles. The fourth-order valence-corrected chi connectivity index (χ4v) is 4.55. The number of aliphatic hydroxyl groups excluding tert-OH is 1. The van der Waals surface area contributed by atoms with Crippen LogP contribution in [0.4, 0.5) is 5.69 Å². The lowest BCUT2D eigenvalue weighted by molar-refractivity contribution is 0.213. The Hall–Kier alpha value is -3.30. The molecular weight excluding hydrogens is 462 g/mol. The number of pyridine rings is 1. The van der Waals surface area contributed by atoms with E-state index in [1.54, 1.807) is 12.1 Å². The number of hydrogen-bond donors (Lipinski definition) is 2. The van der Waals surface area contributed by atoms with E-state index in [0.717, 1.165) is 33.6 Å². The maximum Gasteiger partial charge on any atom is 0.115 e. The quantitative estimate of drug-likeness (QED) is 0.268. The van der Waals surface area contributed by atoms with Crippen LogP contribution in [0, 0.1) is 18.3 Å². The van der Waals surface area contributed by atoms with Crippen LogP contribution >= 0.6 is 23.4 Å². The molecule has 0 aliphatic rings. The minimum absolute atomic E-state index is 0.375. The van der Waals surface area contributed by atoms with Gasteiger partial charge in [-0.1, -0.05) is 71.8 Å². The summed E-state index contributed by atoms with van der Waals surface area (Å²) in [6.07, 6.45) is -0.628. The average Bonchev–Trinajstić information content (AvgIpc) is 2.87. The zero-order chi connectivity index (χ0) is 23.9. The maximum atomic E-state index is 10.6. The van der Waals surface area contributed by atoms with Crippen molar-refractivity contribution in [3.8, 4) is 28.5 Å². The Balaban J connectivity index is 1.60. The topological polar surface area (TPSA) is 68.9 Å². The molecule has 0 spiro atoms. The van der Waals surface area contributed by atoms with Gasteiger partial charge in [-0.2, -0.15) is 5.26 Å². The molecule has 0 unspecified atom stereocenters. The molecule has 0 fully saturated rings. The number of anilines is 1. The predicted molar refractivity (Wildman–Crippen MR) is 141 cm³/mol. The number of rotatable bonds is 8. The van der Waals surface area contributed by atoms with E-state index in [1.807, 2.05) is 79.7 Å². The van der Waals surface area contributed by atoms with Crippen molar-refractivity contribution in [1.29, 1.82) is 5.26 Å². The molecule has 0 bridgehead atoms. The van der Waals surface area contributed by atoms with Gasteiger partial charge in [-0.25, -0.2) is 4.98 Å². The van der Waals surface area contributed by atoms with Gasteiger partial charge in [-0.15, -0.1) is 11.8 Å². The van der Waals surface area contributed by atoms with Crippen LogP contribution < -0.4 is 5.32 Å². The largest absolute Gasteiger partial charge is 0.390 e. The second kappa shape index (κ2) is 11.2. The molecule has 1 heterocycles. The molecule has 0 amide bonds. The number of thioether (sulfide) groups is 1. The first kappa shape index (κ1) is 23.8. The van der Waals surface area contributed by atoms with Crippen LogP contribution in [0.15, 0.2) is 90.0 Å². The van der Waals surface area contributed by atoms with Crippen molar-refractivity contribution in [3.63, 3.8) is 0 Å². The highest BCUT2D eigenvalue weighted by Gasteiger charge is 2.17. The summed E-state index contributed by atoms with van der Waals surface area (Å²) in [7, 11) is 0. The molecular formula is C28H24ClN3OS. The Morgan fingerprint density at radius 2 is 1.71 bits per heavy atom. The van der Waals surface area contributed by atoms with Crippen LogP contribution in [0.25, 0.3) is 22.4 Å². The number of aromatic nitrogens is 1. The van der Waals surface area contributed by atoms with Gasteiger partial charge in [0.1, 0.15) is 11.1 Å². The Morgan fingerprint density at radius 3 is 2.38 bits per heavy atom. The standard InChI is InChI=1S/C28H24ClN3OS/c1-19-7-9-20(10-8-19)25-15-27(21-5-3-2-4-6-21)32-28(26(25)16-30)34-18-24(33)17-31-23-13-11-22(29)12-14-23/h2-15,24,31,33H,17-18H2,1H3/t24-/m1/s1. The van der Waals surface area contributed by atoms with Crippen molar-refractivity contribution >= 4 is 29.1 Å². The van der Waals surface area contributed by atoms with Gasteiger partial charge in [0.25, 0.3) is 0 Å². The van der Waals surface area contributed by atoms with Crippen LogP contribution in [0.2, 0.25) is 5.02 Å². The van der Waals surface area contributed by atoms with Gasteiger partial charge in [0.2, 0.25) is 0 Å². The smallest absolute Gasteiger partial charge is 0.115 e. The zero-order valence-electron chi connectivity index (χ0n) is 18.7. The highest BCUT2D eigenvalue weighted by Crippen LogP contribution is 2.34. The lowest BCUT2D eigenvalue weighted by Crippen LogP contribution is -2.22. The van der Waals surface area contributed by atoms with E-state index in [1.165, 1.54) is 11.8 Å². The lowest BCUT2D eigenvalue weighted by Gasteiger charge is -2.15. The second-order valence-electron chi connectivity index (χ2n) is 7.93. The summed E-state index contributed by atoms with van der Waals surface area (Å²) in [4.78, 5) is 4.81. The molecule has 0 aliphatic heterocycles. The van der Waals surface area contributed by atoms with E-state index in [4.69, 9.17) is 16.6 Å². The molecule has 6 heteroatoms. The van der Waals surface area contributed by atoms with Gasteiger partial charge in [0.15, 0.2) is 0 Å². The Kier molecular flexibility index (Phi) is 7.87. The molecule has 4 nitrogen and oxygen atoms in total. The Labute approximate surface area is 209 Å². The average molecular weight is 486 g/mol. The third kappa shape index (κ3) is 5.98. The van der Waals surface area contributed by atoms with Crippen LogP contribution in [-0.2, 0) is 0 Å². The van der Waals surface area contributed by atoms with E-state index in [9.17, 15) is 10.4 Å². The monoisotopic (exact) mass is 485 g/mol. The minimum Gasteiger partial charge on any atom is -0.390 e. The normalized spacial score (nSPS) is 11.6. The third-order valence-corrected chi connectivity index (χ3v) is 6.70. The number of nitrogens with one attached hydrogen (secondary N) is 1. The molecule has 0 aliphatic carbocycles. The molecule has 0 saturated carbocycles. The summed E-state index contributed by atoms with van der Waals surface area (Å²) in [6.45, 7) is 2.41. The van der Waals surface area contributed by atoms with Crippen molar-refractivity contribution < 1.29 is 5.11 Å². The van der Waals surface area contributed by atoms with Gasteiger partial charge in [0.05, 0.1) is 17.4 Å². The van der Waals surface area contributed by atoms with Crippen molar-refractivity contribution in [3.05, 3.63) is 101 Å². The maximum absolute atomic E-state index is 10.6. The van der Waals surface area contributed by atoms with E-state index in [-0.39, 0.29) is 0 Å². The van der Waals surface area contributed by atoms with E-state index >= 15 is 0 Å². The summed E-state index contributed by atoms with van der Waals surface area (Å²) in [6, 6.07) is 29.7. The molecule has 0 saturated heterocycles. The number of aliphatic hydroxyl groups is 1. The lowest BCUT2D eigenvalue weighted by atomic mass is 9.98. The van der Waals surface area contributed by atoms with Crippen molar-refractivity contribution in [2.45, 2.75) is 18.1 Å². The van der Waals surface area contributed by atoms with Crippen molar-refractivity contribution in [2.24, 2.45) is 0 Å². The van der Waals surface area contributed by atoms with Crippen LogP contribution in [0.3, 0.4) is 0 Å². The summed E-state index contributed by atoms with van der Waals surface area (Å²) < 4.78 is 0. The molecule has 0 radical (unpaired) electrons. The zero-order valence-corrected chi connectivity index (χ0v) is 20.3. The first-order chi connectivity index (χ1) is 16.5. The van der Waals surface area contributed by atoms with Crippen LogP contribution in [0.1, 0.15) is 11.1 Å². The molecule has 4 rings (SSSR count). The van der Waals surface area contributed by atoms with Gasteiger partial charge in [-0.05, 0) is 42.8 Å². The number of nitriles is 1. The summed E-state index contributed by atoms with van der Waals surface area (Å²) in [5, 5.41) is 25.1. The number of benzene rings is 3. The summed E-state index contributed by atoms with van der Waals surface area (Å²) in [5.74, 6) is 0.397. The van der Waals surface area contributed by atoms with Gasteiger partial charge < -0.3 is 10.4 Å². The highest BCUT2D eigenvalue weighted by molar-refractivity contribution is 7.99. The number of halogens is 1. The first-order valence-electron chi connectivity index (χ1n) is 10.9. The van der Waals surface area contributed by atoms with Crippen LogP contribution in [0.5, 0.6) is 0 Å². The fraction of sp³-hybridized carbons (Fsp3) is 0.143. The first-order valence-corrected chi connectivity index (χ1v) is 12.3. The van der Waals surface area contributed by atoms with E-state index < -0.39 is 6.10 Å². The van der Waals surface area contributed by atoms with Gasteiger partial charge >= 0.3 is 0 Å². The molecule has 170 valence electrons.